The molecule has 0 amide bonds. The van der Waals surface area contributed by atoms with Crippen molar-refractivity contribution in [3.8, 4) is 12.3 Å². The zero-order valence-electron chi connectivity index (χ0n) is 5.39. The molecule has 0 heterocycles. The third-order valence-corrected chi connectivity index (χ3v) is 0.865. The van der Waals surface area contributed by atoms with Crippen molar-refractivity contribution >= 4 is 0 Å². The minimum atomic E-state index is 0.417. The van der Waals surface area contributed by atoms with Crippen molar-refractivity contribution in [1.29, 1.82) is 0 Å². The first-order valence-electron chi connectivity index (χ1n) is 2.87. The van der Waals surface area contributed by atoms with Crippen LogP contribution in [-0.4, -0.2) is 0 Å². The Morgan fingerprint density at radius 3 is 2.88 bits per heavy atom. The van der Waals surface area contributed by atoms with Crippen molar-refractivity contribution in [3.63, 3.8) is 0 Å². The summed E-state index contributed by atoms with van der Waals surface area (Å²) in [5.41, 5.74) is 0.650. The largest absolute Gasteiger partial charge is 0.115 e. The van der Waals surface area contributed by atoms with E-state index in [0.717, 1.165) is 0 Å². The number of hydrogen-bond acceptors (Lipinski definition) is 0. The Kier molecular flexibility index (Phi) is 1.02. The molecule has 0 nitrogen and oxygen atoms in total. The fourth-order valence-electron chi connectivity index (χ4n) is 0.483. The van der Waals surface area contributed by atoms with Crippen LogP contribution in [0.25, 0.3) is 0 Å². The van der Waals surface area contributed by atoms with Gasteiger partial charge < -0.3 is 0 Å². The topological polar surface area (TPSA) is 0 Å². The van der Waals surface area contributed by atoms with Crippen molar-refractivity contribution in [1.82, 2.24) is 0 Å². The SMILES string of the molecule is [2H]c1ccccc1C#C. The predicted octanol–water partition coefficient (Wildman–Crippen LogP) is 1.67. The molecule has 0 fully saturated rings. The van der Waals surface area contributed by atoms with Gasteiger partial charge >= 0.3 is 0 Å². The lowest BCUT2D eigenvalue weighted by molar-refractivity contribution is 1.65. The highest BCUT2D eigenvalue weighted by atomic mass is 13.8. The second kappa shape index (κ2) is 2.18. The van der Waals surface area contributed by atoms with Gasteiger partial charge in [0.05, 0.1) is 1.37 Å². The summed E-state index contributed by atoms with van der Waals surface area (Å²) in [4.78, 5) is 0. The maximum absolute atomic E-state index is 7.23. The van der Waals surface area contributed by atoms with E-state index in [0.29, 0.717) is 11.6 Å². The highest BCUT2D eigenvalue weighted by Crippen LogP contribution is 1.92. The van der Waals surface area contributed by atoms with Crippen LogP contribution in [0.4, 0.5) is 0 Å². The van der Waals surface area contributed by atoms with Gasteiger partial charge in [0, 0.05) is 5.56 Å². The van der Waals surface area contributed by atoms with Crippen LogP contribution in [-0.2, 0) is 0 Å². The Morgan fingerprint density at radius 1 is 1.50 bits per heavy atom. The normalized spacial score (nSPS) is 9.62. The first kappa shape index (κ1) is 3.74. The Balaban J connectivity index is 3.20. The molecule has 0 heteroatoms. The number of hydrogen-bond donors (Lipinski definition) is 0. The quantitative estimate of drug-likeness (QED) is 0.438. The summed E-state index contributed by atoms with van der Waals surface area (Å²) in [5, 5.41) is 0. The fraction of sp³-hybridized carbons (Fsp3) is 0. The molecule has 0 saturated carbocycles. The van der Waals surface area contributed by atoms with E-state index in [1.54, 1.807) is 18.2 Å². The van der Waals surface area contributed by atoms with E-state index in [4.69, 9.17) is 7.79 Å². The van der Waals surface area contributed by atoms with Gasteiger partial charge in [-0.3, -0.25) is 0 Å². The molecule has 0 unspecified atom stereocenters. The average Bonchev–Trinajstić information content (AvgIpc) is 1.89. The van der Waals surface area contributed by atoms with Crippen LogP contribution < -0.4 is 0 Å². The molecule has 8 heavy (non-hydrogen) atoms. The summed E-state index contributed by atoms with van der Waals surface area (Å²) in [6.07, 6.45) is 5.08. The van der Waals surface area contributed by atoms with Gasteiger partial charge in [-0.15, -0.1) is 6.42 Å². The monoisotopic (exact) mass is 103 g/mol. The van der Waals surface area contributed by atoms with Crippen LogP contribution in [0.2, 0.25) is 0 Å². The smallest absolute Gasteiger partial charge is 0.0636 e. The lowest BCUT2D eigenvalue weighted by atomic mass is 10.2. The van der Waals surface area contributed by atoms with Gasteiger partial charge in [0.25, 0.3) is 0 Å². The van der Waals surface area contributed by atoms with Gasteiger partial charge in [0.15, 0.2) is 0 Å². The molecule has 0 bridgehead atoms. The van der Waals surface area contributed by atoms with Gasteiger partial charge in [-0.05, 0) is 12.1 Å². The molecule has 0 radical (unpaired) electrons. The molecule has 0 N–H and O–H groups in total. The first-order valence-corrected chi connectivity index (χ1v) is 2.37. The van der Waals surface area contributed by atoms with E-state index in [1.807, 2.05) is 6.07 Å². The van der Waals surface area contributed by atoms with Crippen LogP contribution >= 0.6 is 0 Å². The maximum atomic E-state index is 7.23. The molecule has 0 atom stereocenters. The van der Waals surface area contributed by atoms with E-state index in [-0.39, 0.29) is 0 Å². The third-order valence-electron chi connectivity index (χ3n) is 0.865. The number of terminal acetylenes is 1. The number of rotatable bonds is 0. The summed E-state index contributed by atoms with van der Waals surface area (Å²) in [7, 11) is 0. The van der Waals surface area contributed by atoms with Crippen LogP contribution in [0.3, 0.4) is 0 Å². The molecular formula is C8H6. The number of benzene rings is 1. The third kappa shape index (κ3) is 0.886. The zero-order chi connectivity index (χ0) is 6.69. The standard InChI is InChI=1S/C8H6/c1-2-8-6-4-3-5-7-8/h1,3-7H/i6D. The van der Waals surface area contributed by atoms with E-state index < -0.39 is 0 Å². The molecule has 1 rings (SSSR count). The van der Waals surface area contributed by atoms with Crippen LogP contribution in [0.1, 0.15) is 6.93 Å². The Morgan fingerprint density at radius 2 is 2.38 bits per heavy atom. The molecule has 0 spiro atoms. The summed E-state index contributed by atoms with van der Waals surface area (Å²) in [6.45, 7) is 0. The molecular weight excluding hydrogens is 96.1 g/mol. The Hall–Kier alpha value is -1.22. The van der Waals surface area contributed by atoms with Gasteiger partial charge in [-0.25, -0.2) is 0 Å². The van der Waals surface area contributed by atoms with E-state index in [9.17, 15) is 0 Å². The lowest BCUT2D eigenvalue weighted by Crippen LogP contribution is -1.66. The molecule has 0 aliphatic rings. The minimum absolute atomic E-state index is 0.417. The van der Waals surface area contributed by atoms with Crippen molar-refractivity contribution in [2.75, 3.05) is 0 Å². The Labute approximate surface area is 50.6 Å². The molecule has 1 aromatic carbocycles. The highest BCUT2D eigenvalue weighted by molar-refractivity contribution is 5.30. The zero-order valence-corrected chi connectivity index (χ0v) is 4.39. The average molecular weight is 103 g/mol. The molecule has 0 aliphatic heterocycles. The highest BCUT2D eigenvalue weighted by Gasteiger charge is 1.76. The van der Waals surface area contributed by atoms with E-state index >= 15 is 0 Å². The Bertz CT molecular complexity index is 245. The predicted molar refractivity (Wildman–Crippen MR) is 34.4 cm³/mol. The second-order valence-corrected chi connectivity index (χ2v) is 1.42. The summed E-state index contributed by atoms with van der Waals surface area (Å²) in [6, 6.07) is 7.47. The summed E-state index contributed by atoms with van der Waals surface area (Å²) >= 11 is 0. The fourth-order valence-corrected chi connectivity index (χ4v) is 0.483. The summed E-state index contributed by atoms with van der Waals surface area (Å²) < 4.78 is 7.23. The summed E-state index contributed by atoms with van der Waals surface area (Å²) in [5.74, 6) is 2.41. The van der Waals surface area contributed by atoms with Gasteiger partial charge in [0.1, 0.15) is 0 Å². The molecule has 38 valence electrons. The lowest BCUT2D eigenvalue weighted by Gasteiger charge is -1.82. The van der Waals surface area contributed by atoms with Crippen molar-refractivity contribution in [2.24, 2.45) is 0 Å². The molecule has 0 aliphatic carbocycles. The van der Waals surface area contributed by atoms with Gasteiger partial charge in [0.2, 0.25) is 0 Å². The maximum Gasteiger partial charge on any atom is 0.0636 e. The van der Waals surface area contributed by atoms with E-state index in [1.165, 1.54) is 0 Å². The van der Waals surface area contributed by atoms with Crippen molar-refractivity contribution < 1.29 is 1.37 Å². The van der Waals surface area contributed by atoms with Gasteiger partial charge in [-0.2, -0.15) is 0 Å². The van der Waals surface area contributed by atoms with Crippen LogP contribution in [0.5, 0.6) is 0 Å². The van der Waals surface area contributed by atoms with Crippen LogP contribution in [0, 0.1) is 12.3 Å². The van der Waals surface area contributed by atoms with Crippen LogP contribution in [0.15, 0.2) is 30.3 Å². The van der Waals surface area contributed by atoms with Gasteiger partial charge in [-0.1, -0.05) is 24.1 Å². The molecule has 0 aromatic heterocycles. The van der Waals surface area contributed by atoms with Crippen molar-refractivity contribution in [3.05, 3.63) is 35.9 Å². The minimum Gasteiger partial charge on any atom is -0.115 e. The molecule has 1 aromatic rings. The van der Waals surface area contributed by atoms with Crippen molar-refractivity contribution in [2.45, 2.75) is 0 Å². The second-order valence-electron chi connectivity index (χ2n) is 1.42. The van der Waals surface area contributed by atoms with E-state index in [2.05, 4.69) is 5.92 Å². The molecule has 0 saturated heterocycles. The first-order chi connectivity index (χ1) is 4.34.